The van der Waals surface area contributed by atoms with Crippen molar-refractivity contribution in [1.29, 1.82) is 0 Å². The average molecular weight is 448 g/mol. The summed E-state index contributed by atoms with van der Waals surface area (Å²) in [7, 11) is 0. The summed E-state index contributed by atoms with van der Waals surface area (Å²) < 4.78 is 1.89. The fraction of sp³-hybridized carbons (Fsp3) is 0.316. The predicted molar refractivity (Wildman–Crippen MR) is 113 cm³/mol. The number of thiophene rings is 1. The van der Waals surface area contributed by atoms with Gasteiger partial charge in [0, 0.05) is 14.7 Å². The molecule has 0 radical (unpaired) electrons. The van der Waals surface area contributed by atoms with Crippen LogP contribution in [-0.2, 0) is 6.42 Å². The van der Waals surface area contributed by atoms with E-state index in [9.17, 15) is 4.79 Å². The van der Waals surface area contributed by atoms with Crippen molar-refractivity contribution in [3.63, 3.8) is 0 Å². The number of nitrogens with zero attached hydrogens (tertiary/aromatic N) is 2. The molecule has 1 atom stereocenters. The Morgan fingerprint density at radius 1 is 1.27 bits per heavy atom. The molecule has 1 aromatic carbocycles. The lowest BCUT2D eigenvalue weighted by Gasteiger charge is -2.20. The Kier molecular flexibility index (Phi) is 5.29. The van der Waals surface area contributed by atoms with Gasteiger partial charge in [0.25, 0.3) is 5.91 Å². The van der Waals surface area contributed by atoms with E-state index < -0.39 is 5.91 Å². The number of halogens is 1. The van der Waals surface area contributed by atoms with Crippen molar-refractivity contribution in [2.24, 2.45) is 11.7 Å². The third-order valence-corrected chi connectivity index (χ3v) is 7.63. The van der Waals surface area contributed by atoms with E-state index in [0.29, 0.717) is 5.92 Å². The third kappa shape index (κ3) is 3.66. The quantitative estimate of drug-likeness (QED) is 0.616. The Labute approximate surface area is 168 Å². The van der Waals surface area contributed by atoms with Gasteiger partial charge in [-0.15, -0.1) is 16.4 Å². The maximum absolute atomic E-state index is 11.8. The monoisotopic (exact) mass is 447 g/mol. The number of amides is 1. The molecule has 1 aliphatic rings. The van der Waals surface area contributed by atoms with Gasteiger partial charge in [-0.25, -0.2) is 0 Å². The summed E-state index contributed by atoms with van der Waals surface area (Å²) in [5.74, 6) is 2.53. The molecule has 0 bridgehead atoms. The van der Waals surface area contributed by atoms with Crippen LogP contribution in [-0.4, -0.2) is 27.6 Å². The Bertz CT molecular complexity index is 949. The smallest absolute Gasteiger partial charge is 0.270 e. The van der Waals surface area contributed by atoms with E-state index in [1.807, 2.05) is 23.9 Å². The van der Waals surface area contributed by atoms with E-state index in [1.54, 1.807) is 11.3 Å². The number of hydrogen-bond acceptors (Lipinski definition) is 5. The molecule has 1 aliphatic heterocycles. The topological polar surface area (TPSA) is 68.9 Å². The summed E-state index contributed by atoms with van der Waals surface area (Å²) in [6.45, 7) is 0. The van der Waals surface area contributed by atoms with Crippen molar-refractivity contribution in [3.05, 3.63) is 46.2 Å². The number of carbonyl (C=O) groups excluding carboxylic acids is 1. The number of fused-ring (bicyclic) bond motifs is 1. The molecule has 0 saturated carbocycles. The molecule has 26 heavy (non-hydrogen) atoms. The summed E-state index contributed by atoms with van der Waals surface area (Å²) >= 11 is 7.05. The van der Waals surface area contributed by atoms with E-state index in [1.165, 1.54) is 24.3 Å². The minimum absolute atomic E-state index is 0.273. The van der Waals surface area contributed by atoms with Gasteiger partial charge in [-0.05, 0) is 60.4 Å². The maximum atomic E-state index is 11.8. The Morgan fingerprint density at radius 3 is 2.77 bits per heavy atom. The molecule has 0 spiro atoms. The number of carbonyl (C=O) groups is 1. The number of hydrogen-bond donors (Lipinski definition) is 1. The molecule has 1 amide bonds. The molecule has 4 nitrogen and oxygen atoms in total. The Hall–Kier alpha value is -1.44. The first kappa shape index (κ1) is 17.9. The molecule has 2 aromatic heterocycles. The zero-order chi connectivity index (χ0) is 18.1. The first-order chi connectivity index (χ1) is 12.6. The minimum atomic E-state index is -0.522. The molecule has 1 unspecified atom stereocenters. The van der Waals surface area contributed by atoms with Crippen molar-refractivity contribution in [2.75, 3.05) is 11.5 Å². The van der Waals surface area contributed by atoms with E-state index in [4.69, 9.17) is 5.73 Å². The first-order valence-corrected chi connectivity index (χ1v) is 11.3. The molecule has 1 fully saturated rings. The fourth-order valence-corrected chi connectivity index (χ4v) is 5.90. The van der Waals surface area contributed by atoms with Gasteiger partial charge in [0.1, 0.15) is 0 Å². The van der Waals surface area contributed by atoms with Crippen LogP contribution in [0.4, 0.5) is 0 Å². The number of benzene rings is 1. The van der Waals surface area contributed by atoms with E-state index >= 15 is 0 Å². The summed E-state index contributed by atoms with van der Waals surface area (Å²) in [4.78, 5) is 12.9. The lowest BCUT2D eigenvalue weighted by Crippen LogP contribution is -2.17. The number of rotatable bonds is 4. The van der Waals surface area contributed by atoms with Gasteiger partial charge in [0.15, 0.2) is 5.69 Å². The van der Waals surface area contributed by atoms with Crippen LogP contribution in [0.25, 0.3) is 20.5 Å². The van der Waals surface area contributed by atoms with Crippen LogP contribution in [0.15, 0.2) is 34.8 Å². The normalized spacial score (nSPS) is 17.5. The van der Waals surface area contributed by atoms with Crippen LogP contribution in [0.1, 0.15) is 29.0 Å². The summed E-state index contributed by atoms with van der Waals surface area (Å²) in [5, 5.41) is 9.57. The van der Waals surface area contributed by atoms with Crippen molar-refractivity contribution < 1.29 is 4.79 Å². The Balaban J connectivity index is 1.78. The van der Waals surface area contributed by atoms with Gasteiger partial charge >= 0.3 is 0 Å². The second kappa shape index (κ2) is 7.66. The van der Waals surface area contributed by atoms with Crippen LogP contribution < -0.4 is 5.73 Å². The van der Waals surface area contributed by atoms with Gasteiger partial charge in [-0.2, -0.15) is 16.9 Å². The molecule has 4 rings (SSSR count). The van der Waals surface area contributed by atoms with Gasteiger partial charge in [0.05, 0.1) is 10.4 Å². The molecular weight excluding hydrogens is 430 g/mol. The highest BCUT2D eigenvalue weighted by Gasteiger charge is 2.21. The van der Waals surface area contributed by atoms with Crippen molar-refractivity contribution in [3.8, 4) is 10.4 Å². The zero-order valence-electron chi connectivity index (χ0n) is 14.1. The first-order valence-electron chi connectivity index (χ1n) is 8.54. The van der Waals surface area contributed by atoms with E-state index in [-0.39, 0.29) is 5.69 Å². The molecule has 3 aromatic rings. The number of primary amides is 1. The van der Waals surface area contributed by atoms with Crippen LogP contribution in [0.5, 0.6) is 0 Å². The molecule has 134 valence electrons. The second-order valence-electron chi connectivity index (χ2n) is 6.51. The highest BCUT2D eigenvalue weighted by Crippen LogP contribution is 2.37. The van der Waals surface area contributed by atoms with Crippen molar-refractivity contribution in [2.45, 2.75) is 19.3 Å². The van der Waals surface area contributed by atoms with Gasteiger partial charge in [-0.3, -0.25) is 4.79 Å². The SMILES string of the molecule is NC(=O)c1nnc(CC2CCCSC2)c2cc(-c3ccc(Br)cc3)sc12. The Morgan fingerprint density at radius 2 is 2.08 bits per heavy atom. The van der Waals surface area contributed by atoms with Crippen LogP contribution in [0, 0.1) is 5.92 Å². The van der Waals surface area contributed by atoms with E-state index in [0.717, 1.165) is 37.1 Å². The van der Waals surface area contributed by atoms with Gasteiger partial charge in [-0.1, -0.05) is 28.1 Å². The van der Waals surface area contributed by atoms with Gasteiger partial charge < -0.3 is 5.73 Å². The average Bonchev–Trinajstić information content (AvgIpc) is 3.09. The molecule has 3 heterocycles. The predicted octanol–water partition coefficient (Wildman–Crippen LogP) is 4.91. The van der Waals surface area contributed by atoms with E-state index in [2.05, 4.69) is 44.3 Å². The molecule has 7 heteroatoms. The van der Waals surface area contributed by atoms with Crippen LogP contribution in [0.2, 0.25) is 0 Å². The summed E-state index contributed by atoms with van der Waals surface area (Å²) in [5.41, 5.74) is 7.91. The molecule has 2 N–H and O–H groups in total. The standard InChI is InChI=1S/C19H18BrN3OS2/c20-13-5-3-12(4-6-13)16-9-14-15(8-11-2-1-7-25-10-11)22-23-17(19(21)24)18(14)26-16/h3-6,9,11H,1-2,7-8,10H2,(H2,21,24). The number of nitrogens with two attached hydrogens (primary N) is 1. The largest absolute Gasteiger partial charge is 0.364 e. The molecule has 0 aliphatic carbocycles. The fourth-order valence-electron chi connectivity index (χ4n) is 3.30. The number of thioether (sulfide) groups is 1. The molecule has 1 saturated heterocycles. The van der Waals surface area contributed by atoms with Crippen LogP contribution in [0.3, 0.4) is 0 Å². The van der Waals surface area contributed by atoms with Crippen molar-refractivity contribution >= 4 is 55.0 Å². The maximum Gasteiger partial charge on any atom is 0.270 e. The molecular formula is C19H18BrN3OS2. The van der Waals surface area contributed by atoms with Crippen molar-refractivity contribution in [1.82, 2.24) is 10.2 Å². The lowest BCUT2D eigenvalue weighted by atomic mass is 9.97. The minimum Gasteiger partial charge on any atom is -0.364 e. The highest BCUT2D eigenvalue weighted by atomic mass is 79.9. The summed E-state index contributed by atoms with van der Waals surface area (Å²) in [6.07, 6.45) is 3.41. The second-order valence-corrected chi connectivity index (χ2v) is 9.62. The highest BCUT2D eigenvalue weighted by molar-refractivity contribution is 9.10. The third-order valence-electron chi connectivity index (χ3n) is 4.63. The lowest BCUT2D eigenvalue weighted by molar-refractivity contribution is 0.0996. The zero-order valence-corrected chi connectivity index (χ0v) is 17.3. The number of aromatic nitrogens is 2. The van der Waals surface area contributed by atoms with Crippen LogP contribution >= 0.6 is 39.0 Å². The summed E-state index contributed by atoms with van der Waals surface area (Å²) in [6, 6.07) is 10.3. The van der Waals surface area contributed by atoms with Gasteiger partial charge in [0.2, 0.25) is 0 Å².